The molecule has 3 nitrogen and oxygen atoms in total. The van der Waals surface area contributed by atoms with Gasteiger partial charge in [0.2, 0.25) is 0 Å². The minimum atomic E-state index is 0.881. The Labute approximate surface area is 434 Å². The van der Waals surface area contributed by atoms with Gasteiger partial charge in [0.1, 0.15) is 11.2 Å². The standard InChI is InChI=1S/C72H46N2O/c1-3-19-60-49(13-1)27-28-55-44-54(34-40-61(55)60)52-16-11-15-51(43-52)47-29-36-57(37-30-47)73(68-24-8-5-20-62(68)56-35-42-71-67(46-56)66-41-33-50-14-2-4-21-63(50)72(66)75-71)58-38-31-48(32-39-58)53-17-12-18-59(45-53)74-69-25-9-6-22-64(69)65-23-7-10-26-70(65)74/h1-46H. The number of furan rings is 1. The number of para-hydroxylation sites is 3. The Balaban J connectivity index is 0.824. The van der Waals surface area contributed by atoms with E-state index in [-0.39, 0.29) is 0 Å². The van der Waals surface area contributed by atoms with Crippen molar-refractivity contribution >= 4 is 93.1 Å². The molecule has 2 heterocycles. The average molecular weight is 955 g/mol. The monoisotopic (exact) mass is 954 g/mol. The first-order valence-electron chi connectivity index (χ1n) is 25.7. The van der Waals surface area contributed by atoms with Gasteiger partial charge in [-0.2, -0.15) is 0 Å². The quantitative estimate of drug-likeness (QED) is 0.142. The Morgan fingerprint density at radius 1 is 0.280 bits per heavy atom. The van der Waals surface area contributed by atoms with Crippen LogP contribution in [-0.2, 0) is 0 Å². The number of benzene rings is 13. The number of hydrogen-bond acceptors (Lipinski definition) is 2. The minimum Gasteiger partial charge on any atom is -0.455 e. The first-order valence-corrected chi connectivity index (χ1v) is 25.7. The summed E-state index contributed by atoms with van der Waals surface area (Å²) < 4.78 is 8.97. The van der Waals surface area contributed by atoms with Crippen molar-refractivity contribution in [2.75, 3.05) is 4.90 Å². The molecule has 3 heteroatoms. The maximum atomic E-state index is 6.59. The maximum Gasteiger partial charge on any atom is 0.143 e. The van der Waals surface area contributed by atoms with Crippen LogP contribution in [0.3, 0.4) is 0 Å². The Hall–Kier alpha value is -9.96. The van der Waals surface area contributed by atoms with Gasteiger partial charge in [-0.05, 0) is 151 Å². The molecule has 350 valence electrons. The van der Waals surface area contributed by atoms with Crippen molar-refractivity contribution in [1.29, 1.82) is 0 Å². The number of fused-ring (bicyclic) bond motifs is 11. The molecule has 15 aromatic rings. The highest BCUT2D eigenvalue weighted by molar-refractivity contribution is 6.16. The van der Waals surface area contributed by atoms with Crippen LogP contribution in [0.1, 0.15) is 0 Å². The number of hydrogen-bond donors (Lipinski definition) is 0. The van der Waals surface area contributed by atoms with Gasteiger partial charge in [0.05, 0.1) is 16.7 Å². The van der Waals surface area contributed by atoms with Crippen LogP contribution in [-0.4, -0.2) is 4.57 Å². The molecule has 75 heavy (non-hydrogen) atoms. The van der Waals surface area contributed by atoms with Crippen molar-refractivity contribution in [2.24, 2.45) is 0 Å². The molecular formula is C72H46N2O. The van der Waals surface area contributed by atoms with E-state index in [2.05, 4.69) is 289 Å². The second-order valence-electron chi connectivity index (χ2n) is 19.6. The lowest BCUT2D eigenvalue weighted by Crippen LogP contribution is -2.11. The molecule has 0 aliphatic rings. The van der Waals surface area contributed by atoms with Gasteiger partial charge < -0.3 is 13.9 Å². The van der Waals surface area contributed by atoms with Crippen LogP contribution in [0.2, 0.25) is 0 Å². The molecule has 0 spiro atoms. The third kappa shape index (κ3) is 7.20. The van der Waals surface area contributed by atoms with Crippen LogP contribution in [0, 0.1) is 0 Å². The zero-order valence-corrected chi connectivity index (χ0v) is 40.9. The molecule has 0 aliphatic carbocycles. The minimum absolute atomic E-state index is 0.881. The second-order valence-corrected chi connectivity index (χ2v) is 19.6. The zero-order valence-electron chi connectivity index (χ0n) is 40.9. The summed E-state index contributed by atoms with van der Waals surface area (Å²) in [5.41, 5.74) is 17.8. The summed E-state index contributed by atoms with van der Waals surface area (Å²) in [6.45, 7) is 0. The molecule has 0 unspecified atom stereocenters. The van der Waals surface area contributed by atoms with Crippen LogP contribution in [0.4, 0.5) is 17.1 Å². The summed E-state index contributed by atoms with van der Waals surface area (Å²) >= 11 is 0. The predicted molar refractivity (Wildman–Crippen MR) is 317 cm³/mol. The van der Waals surface area contributed by atoms with E-state index >= 15 is 0 Å². The number of aromatic nitrogens is 1. The summed E-state index contributed by atoms with van der Waals surface area (Å²) in [4.78, 5) is 2.40. The van der Waals surface area contributed by atoms with E-state index in [1.54, 1.807) is 0 Å². The largest absolute Gasteiger partial charge is 0.455 e. The molecular weight excluding hydrogens is 909 g/mol. The van der Waals surface area contributed by atoms with Crippen molar-refractivity contribution in [3.63, 3.8) is 0 Å². The zero-order chi connectivity index (χ0) is 49.4. The fourth-order valence-electron chi connectivity index (χ4n) is 11.7. The molecule has 0 bridgehead atoms. The van der Waals surface area contributed by atoms with E-state index in [9.17, 15) is 0 Å². The van der Waals surface area contributed by atoms with Gasteiger partial charge in [0.15, 0.2) is 0 Å². The van der Waals surface area contributed by atoms with Crippen molar-refractivity contribution < 1.29 is 4.42 Å². The highest BCUT2D eigenvalue weighted by atomic mass is 16.3. The van der Waals surface area contributed by atoms with E-state index in [1.165, 1.54) is 65.4 Å². The normalized spacial score (nSPS) is 11.7. The lowest BCUT2D eigenvalue weighted by molar-refractivity contribution is 0.672. The predicted octanol–water partition coefficient (Wildman–Crippen LogP) is 20.3. The highest BCUT2D eigenvalue weighted by Gasteiger charge is 2.20. The van der Waals surface area contributed by atoms with E-state index < -0.39 is 0 Å². The molecule has 0 atom stereocenters. The van der Waals surface area contributed by atoms with E-state index in [4.69, 9.17) is 4.42 Å². The lowest BCUT2D eigenvalue weighted by Gasteiger charge is -2.28. The van der Waals surface area contributed by atoms with Gasteiger partial charge in [-0.25, -0.2) is 0 Å². The number of anilines is 3. The van der Waals surface area contributed by atoms with Gasteiger partial charge in [-0.1, -0.05) is 194 Å². The van der Waals surface area contributed by atoms with E-state index in [0.717, 1.165) is 77.9 Å². The van der Waals surface area contributed by atoms with Crippen LogP contribution in [0.15, 0.2) is 283 Å². The Morgan fingerprint density at radius 3 is 1.52 bits per heavy atom. The molecule has 0 amide bonds. The van der Waals surface area contributed by atoms with Gasteiger partial charge in [-0.15, -0.1) is 0 Å². The summed E-state index contributed by atoms with van der Waals surface area (Å²) in [5, 5.41) is 12.1. The molecule has 0 radical (unpaired) electrons. The molecule has 15 rings (SSSR count). The molecule has 0 aliphatic heterocycles. The molecule has 0 saturated carbocycles. The van der Waals surface area contributed by atoms with Crippen LogP contribution < -0.4 is 4.90 Å². The van der Waals surface area contributed by atoms with Crippen molar-refractivity contribution in [2.45, 2.75) is 0 Å². The van der Waals surface area contributed by atoms with Gasteiger partial charge in [0.25, 0.3) is 0 Å². The Bertz CT molecular complexity index is 4660. The van der Waals surface area contributed by atoms with Gasteiger partial charge >= 0.3 is 0 Å². The fourth-order valence-corrected chi connectivity index (χ4v) is 11.7. The Kier molecular flexibility index (Phi) is 9.89. The molecule has 13 aromatic carbocycles. The van der Waals surface area contributed by atoms with Crippen molar-refractivity contribution in [3.8, 4) is 50.2 Å². The third-order valence-electron chi connectivity index (χ3n) is 15.4. The maximum absolute atomic E-state index is 6.59. The molecule has 0 N–H and O–H groups in total. The van der Waals surface area contributed by atoms with Crippen molar-refractivity contribution in [3.05, 3.63) is 279 Å². The molecule has 0 saturated heterocycles. The summed E-state index contributed by atoms with van der Waals surface area (Å²) in [7, 11) is 0. The second kappa shape index (κ2) is 17.4. The first kappa shape index (κ1) is 42.7. The lowest BCUT2D eigenvalue weighted by atomic mass is 9.95. The summed E-state index contributed by atoms with van der Waals surface area (Å²) in [6, 6.07) is 102. The fraction of sp³-hybridized carbons (Fsp3) is 0. The van der Waals surface area contributed by atoms with E-state index in [0.29, 0.717) is 0 Å². The van der Waals surface area contributed by atoms with Crippen LogP contribution >= 0.6 is 0 Å². The van der Waals surface area contributed by atoms with Crippen LogP contribution in [0.25, 0.3) is 126 Å². The average Bonchev–Trinajstić information content (AvgIpc) is 4.06. The number of rotatable bonds is 8. The third-order valence-corrected chi connectivity index (χ3v) is 15.4. The first-order chi connectivity index (χ1) is 37.2. The summed E-state index contributed by atoms with van der Waals surface area (Å²) in [5.74, 6) is 0. The Morgan fingerprint density at radius 2 is 0.787 bits per heavy atom. The van der Waals surface area contributed by atoms with Gasteiger partial charge in [-0.3, -0.25) is 0 Å². The van der Waals surface area contributed by atoms with Gasteiger partial charge in [0, 0.05) is 49.6 Å². The van der Waals surface area contributed by atoms with Crippen LogP contribution in [0.5, 0.6) is 0 Å². The molecule has 0 fully saturated rings. The molecule has 2 aromatic heterocycles. The van der Waals surface area contributed by atoms with Crippen molar-refractivity contribution in [1.82, 2.24) is 4.57 Å². The highest BCUT2D eigenvalue weighted by Crippen LogP contribution is 2.44. The summed E-state index contributed by atoms with van der Waals surface area (Å²) in [6.07, 6.45) is 0. The number of nitrogens with zero attached hydrogens (tertiary/aromatic N) is 2. The SMILES string of the molecule is c1cc(-c2ccc(N(c3ccc(-c4cccc(-n5c6ccccc6c6ccccc65)c4)cc3)c3ccccc3-c3ccc4oc5c6ccccc6ccc5c4c3)cc2)cc(-c2ccc3c(ccc4ccccc43)c2)c1. The van der Waals surface area contributed by atoms with E-state index in [1.807, 2.05) is 0 Å². The topological polar surface area (TPSA) is 21.3 Å². The smallest absolute Gasteiger partial charge is 0.143 e.